The second-order valence-corrected chi connectivity index (χ2v) is 9.17. The molecule has 1 fully saturated rings. The highest BCUT2D eigenvalue weighted by Gasteiger charge is 2.34. The van der Waals surface area contributed by atoms with Gasteiger partial charge in [0.15, 0.2) is 15.3 Å². The van der Waals surface area contributed by atoms with E-state index < -0.39 is 10.8 Å². The van der Waals surface area contributed by atoms with Gasteiger partial charge in [0.1, 0.15) is 16.7 Å². The number of aromatic amines is 1. The Morgan fingerprint density at radius 3 is 2.93 bits per heavy atom. The number of piperidine rings is 1. The third kappa shape index (κ3) is 5.45. The Balaban J connectivity index is 1.62. The monoisotopic (exact) mass is 472 g/mol. The van der Waals surface area contributed by atoms with Crippen LogP contribution in [0.15, 0.2) is 18.7 Å². The first-order valence-corrected chi connectivity index (χ1v) is 11.8. The molecule has 3 rings (SSSR count). The number of hydrogen-bond donors (Lipinski definition) is 2. The van der Waals surface area contributed by atoms with E-state index >= 15 is 0 Å². The van der Waals surface area contributed by atoms with Crippen molar-refractivity contribution < 1.29 is 13.7 Å². The van der Waals surface area contributed by atoms with Crippen LogP contribution in [-0.2, 0) is 27.8 Å². The fourth-order valence-corrected chi connectivity index (χ4v) is 4.87. The van der Waals surface area contributed by atoms with Gasteiger partial charge in [0.2, 0.25) is 0 Å². The number of ether oxygens (including phenoxy) is 1. The Bertz CT molecular complexity index is 904. The van der Waals surface area contributed by atoms with E-state index in [1.807, 2.05) is 18.7 Å². The van der Waals surface area contributed by atoms with Crippen LogP contribution >= 0.6 is 23.8 Å². The molecule has 1 saturated heterocycles. The van der Waals surface area contributed by atoms with Gasteiger partial charge in [-0.1, -0.05) is 18.5 Å². The van der Waals surface area contributed by atoms with Crippen LogP contribution in [0.4, 0.5) is 0 Å². The van der Waals surface area contributed by atoms with Gasteiger partial charge in [-0.3, -0.25) is 9.00 Å². The van der Waals surface area contributed by atoms with Gasteiger partial charge in [0.05, 0.1) is 24.2 Å². The average Bonchev–Trinajstić information content (AvgIpc) is 3.38. The molecule has 0 bridgehead atoms. The molecule has 1 unspecified atom stereocenters. The zero-order valence-electron chi connectivity index (χ0n) is 16.8. The molecule has 164 valence electrons. The third-order valence-electron chi connectivity index (χ3n) is 4.83. The molecule has 0 spiro atoms. The predicted octanol–water partition coefficient (Wildman–Crippen LogP) is 1.72. The van der Waals surface area contributed by atoms with Crippen molar-refractivity contribution in [3.8, 4) is 0 Å². The molecule has 0 saturated carbocycles. The van der Waals surface area contributed by atoms with E-state index in [0.717, 1.165) is 5.69 Å². The van der Waals surface area contributed by atoms with Crippen LogP contribution < -0.4 is 5.32 Å². The Morgan fingerprint density at radius 1 is 1.50 bits per heavy atom. The van der Waals surface area contributed by atoms with Gasteiger partial charge in [-0.05, 0) is 32.0 Å². The SMILES string of the molecule is CCO[C@@H]1CN(C(=S)S(=O)Cn2ccnc2)CC[C@@H]1NC(=O)c1nc(Cl)c(CC)[nH]1. The molecule has 0 radical (unpaired) electrons. The zero-order valence-corrected chi connectivity index (χ0v) is 19.2. The number of likely N-dealkylation sites (tertiary alicyclic amines) is 1. The minimum absolute atomic E-state index is 0.187. The second-order valence-electron chi connectivity index (χ2n) is 6.83. The maximum atomic E-state index is 12.6. The van der Waals surface area contributed by atoms with Crippen LogP contribution in [0.2, 0.25) is 5.15 Å². The summed E-state index contributed by atoms with van der Waals surface area (Å²) in [5, 5.41) is 3.30. The molecule has 3 atom stereocenters. The number of H-pyrrole nitrogens is 1. The van der Waals surface area contributed by atoms with Crippen molar-refractivity contribution in [3.63, 3.8) is 0 Å². The number of imidazole rings is 2. The largest absolute Gasteiger partial charge is 0.375 e. The summed E-state index contributed by atoms with van der Waals surface area (Å²) >= 11 is 11.5. The molecule has 1 aliphatic heterocycles. The van der Waals surface area contributed by atoms with E-state index in [1.165, 1.54) is 0 Å². The third-order valence-corrected chi connectivity index (χ3v) is 7.14. The molecule has 0 aromatic carbocycles. The van der Waals surface area contributed by atoms with Gasteiger partial charge < -0.3 is 24.5 Å². The first-order valence-electron chi connectivity index (χ1n) is 9.72. The minimum Gasteiger partial charge on any atom is -0.375 e. The summed E-state index contributed by atoms with van der Waals surface area (Å²) in [5.74, 6) is 0.117. The number of nitrogens with one attached hydrogen (secondary N) is 2. The van der Waals surface area contributed by atoms with Crippen molar-refractivity contribution in [2.45, 2.75) is 44.7 Å². The topological polar surface area (TPSA) is 105 Å². The number of carbonyl (C=O) groups is 1. The fourth-order valence-electron chi connectivity index (χ4n) is 3.29. The Hall–Kier alpha value is -1.82. The van der Waals surface area contributed by atoms with E-state index in [-0.39, 0.29) is 29.8 Å². The normalized spacial score (nSPS) is 20.2. The van der Waals surface area contributed by atoms with Crippen molar-refractivity contribution in [3.05, 3.63) is 35.4 Å². The highest BCUT2D eigenvalue weighted by molar-refractivity contribution is 8.12. The molecule has 3 heterocycles. The van der Waals surface area contributed by atoms with Crippen molar-refractivity contribution in [2.24, 2.45) is 0 Å². The number of nitrogens with zero attached hydrogens (tertiary/aromatic N) is 4. The quantitative estimate of drug-likeness (QED) is 0.591. The lowest BCUT2D eigenvalue weighted by Gasteiger charge is -2.39. The number of carbonyl (C=O) groups excluding carboxylic acids is 1. The summed E-state index contributed by atoms with van der Waals surface area (Å²) in [4.78, 5) is 25.5. The maximum absolute atomic E-state index is 12.6. The van der Waals surface area contributed by atoms with Crippen molar-refractivity contribution in [2.75, 3.05) is 19.7 Å². The molecule has 1 amide bonds. The van der Waals surface area contributed by atoms with Crippen molar-refractivity contribution >= 4 is 44.8 Å². The van der Waals surface area contributed by atoms with E-state index in [2.05, 4.69) is 20.3 Å². The molecular weight excluding hydrogens is 448 g/mol. The van der Waals surface area contributed by atoms with E-state index in [4.69, 9.17) is 28.6 Å². The fraction of sp³-hybridized carbons (Fsp3) is 0.556. The average molecular weight is 473 g/mol. The summed E-state index contributed by atoms with van der Waals surface area (Å²) < 4.78 is 20.6. The number of halogens is 1. The lowest BCUT2D eigenvalue weighted by Crippen LogP contribution is -2.56. The number of amides is 1. The summed E-state index contributed by atoms with van der Waals surface area (Å²) in [6.45, 7) is 5.34. The maximum Gasteiger partial charge on any atom is 0.287 e. The van der Waals surface area contributed by atoms with Gasteiger partial charge in [-0.2, -0.15) is 0 Å². The lowest BCUT2D eigenvalue weighted by molar-refractivity contribution is 0.00128. The van der Waals surface area contributed by atoms with Gasteiger partial charge >= 0.3 is 0 Å². The first-order chi connectivity index (χ1) is 14.4. The Labute approximate surface area is 188 Å². The van der Waals surface area contributed by atoms with Crippen LogP contribution in [0.25, 0.3) is 0 Å². The van der Waals surface area contributed by atoms with Gasteiger partial charge in [-0.15, -0.1) is 0 Å². The van der Waals surface area contributed by atoms with Crippen LogP contribution in [0.3, 0.4) is 0 Å². The van der Waals surface area contributed by atoms with Crippen molar-refractivity contribution in [1.29, 1.82) is 0 Å². The number of rotatable bonds is 7. The molecule has 9 nitrogen and oxygen atoms in total. The minimum atomic E-state index is -1.36. The highest BCUT2D eigenvalue weighted by atomic mass is 35.5. The summed E-state index contributed by atoms with van der Waals surface area (Å²) in [6.07, 6.45) is 5.97. The first kappa shape index (κ1) is 22.9. The zero-order chi connectivity index (χ0) is 21.7. The van der Waals surface area contributed by atoms with Crippen LogP contribution in [0.5, 0.6) is 0 Å². The summed E-state index contributed by atoms with van der Waals surface area (Å²) in [5.41, 5.74) is 0.726. The number of thiocarbonyl (C=S) groups is 1. The Morgan fingerprint density at radius 2 is 2.30 bits per heavy atom. The van der Waals surface area contributed by atoms with Gasteiger partial charge in [0, 0.05) is 32.1 Å². The summed E-state index contributed by atoms with van der Waals surface area (Å²) in [6, 6.07) is -0.215. The van der Waals surface area contributed by atoms with Crippen LogP contribution in [-0.4, -0.2) is 70.7 Å². The van der Waals surface area contributed by atoms with E-state index in [0.29, 0.717) is 42.0 Å². The highest BCUT2D eigenvalue weighted by Crippen LogP contribution is 2.18. The van der Waals surface area contributed by atoms with Crippen LogP contribution in [0.1, 0.15) is 36.6 Å². The van der Waals surface area contributed by atoms with Gasteiger partial charge in [0.25, 0.3) is 5.91 Å². The number of aromatic nitrogens is 4. The van der Waals surface area contributed by atoms with Crippen LogP contribution in [0, 0.1) is 0 Å². The lowest BCUT2D eigenvalue weighted by atomic mass is 10.0. The molecular formula is C18H25ClN6O3S2. The predicted molar refractivity (Wildman–Crippen MR) is 119 cm³/mol. The van der Waals surface area contributed by atoms with E-state index in [9.17, 15) is 9.00 Å². The molecule has 0 aliphatic carbocycles. The number of hydrogen-bond acceptors (Lipinski definition) is 6. The molecule has 1 aliphatic rings. The standard InChI is InChI=1S/C18H25ClN6O3S2/c1-3-12-15(19)23-16(21-12)17(26)22-13-5-7-25(9-14(13)28-4-2)18(29)30(27)11-24-8-6-20-10-24/h6,8,10,13-14H,3-5,7,9,11H2,1-2H3,(H,21,23)(H,22,26)/t13-,14+,30?/m0/s1. The summed E-state index contributed by atoms with van der Waals surface area (Å²) in [7, 11) is -1.36. The van der Waals surface area contributed by atoms with Gasteiger partial charge in [-0.25, -0.2) is 9.97 Å². The smallest absolute Gasteiger partial charge is 0.287 e. The molecule has 2 aromatic rings. The molecule has 2 N–H and O–H groups in total. The molecule has 2 aromatic heterocycles. The number of aryl methyl sites for hydroxylation is 1. The van der Waals surface area contributed by atoms with Crippen molar-refractivity contribution in [1.82, 2.24) is 29.7 Å². The molecule has 30 heavy (non-hydrogen) atoms. The Kier molecular flexibility index (Phi) is 7.98. The second kappa shape index (κ2) is 10.5. The molecule has 12 heteroatoms. The van der Waals surface area contributed by atoms with E-state index in [1.54, 1.807) is 23.3 Å².